The Morgan fingerprint density at radius 2 is 0.929 bits per heavy atom. The van der Waals surface area contributed by atoms with Gasteiger partial charge >= 0.3 is 0 Å². The zero-order chi connectivity index (χ0) is 29.3. The maximum atomic E-state index is 5.49. The third-order valence-electron chi connectivity index (χ3n) is 9.30. The Bertz CT molecular complexity index is 1310. The standard InChI is InChI=1S/C11H14.C10H12O.C10H12.C9H10O/c1-9-5-4-7-10-6-2-3-8-11(9)10;1-8-6-7-11-10-5-3-2-4-9(8)10;1-8-6-7-9-4-2-3-5-10(8)9;1-7-6-10-9-5-3-2-4-8(7)9/h2-3,6,8-9H,4-5,7H2,1H3;2-5,8H,6-7H2,1H3;2-5,8H,6-7H2,1H3;2-5,7H,6H2,1H3. The number of hydrogen-bond acceptors (Lipinski definition) is 2. The topological polar surface area (TPSA) is 18.5 Å². The number of ether oxygens (including phenoxy) is 2. The quantitative estimate of drug-likeness (QED) is 0.213. The predicted molar refractivity (Wildman–Crippen MR) is 176 cm³/mol. The average Bonchev–Trinajstić information content (AvgIpc) is 3.61. The molecular formula is C40H48O2. The number of aryl methyl sites for hydroxylation is 2. The third kappa shape index (κ3) is 7.46. The van der Waals surface area contributed by atoms with Gasteiger partial charge in [0.2, 0.25) is 0 Å². The van der Waals surface area contributed by atoms with Crippen LogP contribution >= 0.6 is 0 Å². The molecule has 4 unspecified atom stereocenters. The molecule has 4 aromatic rings. The van der Waals surface area contributed by atoms with Gasteiger partial charge in [-0.3, -0.25) is 0 Å². The van der Waals surface area contributed by atoms with Gasteiger partial charge in [0, 0.05) is 11.5 Å². The van der Waals surface area contributed by atoms with Crippen LogP contribution in [-0.4, -0.2) is 13.2 Å². The van der Waals surface area contributed by atoms with E-state index in [1.54, 1.807) is 22.3 Å². The summed E-state index contributed by atoms with van der Waals surface area (Å²) >= 11 is 0. The van der Waals surface area contributed by atoms with Crippen molar-refractivity contribution < 1.29 is 9.47 Å². The lowest BCUT2D eigenvalue weighted by Gasteiger charge is -2.22. The Morgan fingerprint density at radius 3 is 1.50 bits per heavy atom. The monoisotopic (exact) mass is 560 g/mol. The third-order valence-corrected chi connectivity index (χ3v) is 9.30. The molecule has 0 amide bonds. The number of benzene rings is 4. The van der Waals surface area contributed by atoms with Crippen molar-refractivity contribution in [3.63, 3.8) is 0 Å². The van der Waals surface area contributed by atoms with Crippen molar-refractivity contribution in [3.05, 3.63) is 130 Å². The molecule has 2 nitrogen and oxygen atoms in total. The molecule has 0 spiro atoms. The molecule has 220 valence electrons. The zero-order valence-corrected chi connectivity index (χ0v) is 26.0. The molecule has 2 aliphatic carbocycles. The first-order chi connectivity index (χ1) is 20.5. The van der Waals surface area contributed by atoms with Gasteiger partial charge < -0.3 is 9.47 Å². The van der Waals surface area contributed by atoms with Crippen molar-refractivity contribution >= 4 is 0 Å². The first-order valence-corrected chi connectivity index (χ1v) is 16.1. The van der Waals surface area contributed by atoms with Crippen LogP contribution in [0.25, 0.3) is 0 Å². The van der Waals surface area contributed by atoms with Gasteiger partial charge in [-0.15, -0.1) is 0 Å². The van der Waals surface area contributed by atoms with Crippen LogP contribution in [0.4, 0.5) is 0 Å². The Morgan fingerprint density at radius 1 is 0.452 bits per heavy atom. The van der Waals surface area contributed by atoms with Crippen LogP contribution in [0.1, 0.15) is 110 Å². The van der Waals surface area contributed by atoms with Crippen molar-refractivity contribution in [3.8, 4) is 11.5 Å². The van der Waals surface area contributed by atoms with E-state index in [0.29, 0.717) is 11.8 Å². The van der Waals surface area contributed by atoms with Gasteiger partial charge in [-0.05, 0) is 96.2 Å². The summed E-state index contributed by atoms with van der Waals surface area (Å²) in [4.78, 5) is 0. The first-order valence-electron chi connectivity index (χ1n) is 16.1. The molecule has 2 heterocycles. The van der Waals surface area contributed by atoms with E-state index in [0.717, 1.165) is 43.0 Å². The molecule has 0 aromatic heterocycles. The fourth-order valence-corrected chi connectivity index (χ4v) is 6.61. The Balaban J connectivity index is 0.000000112. The van der Waals surface area contributed by atoms with E-state index in [-0.39, 0.29) is 0 Å². The van der Waals surface area contributed by atoms with Crippen molar-refractivity contribution in [1.29, 1.82) is 0 Å². The Hall–Kier alpha value is -3.52. The number of fused-ring (bicyclic) bond motifs is 4. The van der Waals surface area contributed by atoms with Crippen LogP contribution in [0.5, 0.6) is 11.5 Å². The second-order valence-electron chi connectivity index (χ2n) is 12.5. The summed E-state index contributed by atoms with van der Waals surface area (Å²) in [6.07, 6.45) is 7.82. The van der Waals surface area contributed by atoms with Crippen molar-refractivity contribution in [2.45, 2.75) is 89.9 Å². The summed E-state index contributed by atoms with van der Waals surface area (Å²) in [6.45, 7) is 10.8. The van der Waals surface area contributed by atoms with Crippen LogP contribution < -0.4 is 9.47 Å². The molecule has 4 aromatic carbocycles. The molecule has 0 saturated carbocycles. The summed E-state index contributed by atoms with van der Waals surface area (Å²) in [5, 5.41) is 0. The molecule has 0 saturated heterocycles. The minimum Gasteiger partial charge on any atom is -0.493 e. The fraction of sp³-hybridized carbons (Fsp3) is 0.400. The summed E-state index contributed by atoms with van der Waals surface area (Å²) in [6, 6.07) is 34.2. The highest BCUT2D eigenvalue weighted by atomic mass is 16.5. The summed E-state index contributed by atoms with van der Waals surface area (Å²) in [5.74, 6) is 4.98. The molecule has 42 heavy (non-hydrogen) atoms. The van der Waals surface area contributed by atoms with Gasteiger partial charge in [0.05, 0.1) is 13.2 Å². The van der Waals surface area contributed by atoms with Gasteiger partial charge in [0.1, 0.15) is 11.5 Å². The van der Waals surface area contributed by atoms with E-state index in [9.17, 15) is 0 Å². The molecule has 0 fully saturated rings. The average molecular weight is 561 g/mol. The molecule has 2 heteroatoms. The summed E-state index contributed by atoms with van der Waals surface area (Å²) in [5.41, 5.74) is 9.00. The van der Waals surface area contributed by atoms with Crippen LogP contribution in [0.3, 0.4) is 0 Å². The highest BCUT2D eigenvalue weighted by Gasteiger charge is 2.19. The van der Waals surface area contributed by atoms with Gasteiger partial charge in [0.25, 0.3) is 0 Å². The van der Waals surface area contributed by atoms with E-state index in [1.165, 1.54) is 43.2 Å². The summed E-state index contributed by atoms with van der Waals surface area (Å²) in [7, 11) is 0. The molecule has 0 N–H and O–H groups in total. The van der Waals surface area contributed by atoms with Crippen molar-refractivity contribution in [2.75, 3.05) is 13.2 Å². The maximum absolute atomic E-state index is 5.49. The molecule has 4 atom stereocenters. The van der Waals surface area contributed by atoms with E-state index >= 15 is 0 Å². The molecule has 2 aliphatic heterocycles. The second-order valence-corrected chi connectivity index (χ2v) is 12.5. The predicted octanol–water partition coefficient (Wildman–Crippen LogP) is 10.6. The largest absolute Gasteiger partial charge is 0.493 e. The Labute approximate surface area is 254 Å². The number of hydrogen-bond donors (Lipinski definition) is 0. The molecule has 4 aliphatic rings. The molecule has 8 rings (SSSR count). The molecule has 0 radical (unpaired) electrons. The minimum atomic E-state index is 0.580. The first kappa shape index (κ1) is 30.0. The van der Waals surface area contributed by atoms with Crippen molar-refractivity contribution in [2.24, 2.45) is 0 Å². The van der Waals surface area contributed by atoms with E-state index in [4.69, 9.17) is 9.47 Å². The molecule has 0 bridgehead atoms. The van der Waals surface area contributed by atoms with Crippen LogP contribution in [0.15, 0.2) is 97.1 Å². The second kappa shape index (κ2) is 14.6. The SMILES string of the molecule is CC1CCCc2ccccc21.CC1CCOc2ccccc21.CC1CCc2ccccc21.CC1COc2ccccc21. The van der Waals surface area contributed by atoms with E-state index < -0.39 is 0 Å². The van der Waals surface area contributed by atoms with Gasteiger partial charge in [-0.2, -0.15) is 0 Å². The van der Waals surface area contributed by atoms with Gasteiger partial charge in [0.15, 0.2) is 0 Å². The lowest BCUT2D eigenvalue weighted by Crippen LogP contribution is -2.11. The zero-order valence-electron chi connectivity index (χ0n) is 26.0. The van der Waals surface area contributed by atoms with Crippen LogP contribution in [0.2, 0.25) is 0 Å². The van der Waals surface area contributed by atoms with Gasteiger partial charge in [-0.25, -0.2) is 0 Å². The highest BCUT2D eigenvalue weighted by molar-refractivity contribution is 5.39. The van der Waals surface area contributed by atoms with Crippen LogP contribution in [-0.2, 0) is 12.8 Å². The Kier molecular flexibility index (Phi) is 10.4. The lowest BCUT2D eigenvalue weighted by molar-refractivity contribution is 0.272. The smallest absolute Gasteiger partial charge is 0.122 e. The van der Waals surface area contributed by atoms with Gasteiger partial charge in [-0.1, -0.05) is 113 Å². The number of rotatable bonds is 0. The van der Waals surface area contributed by atoms with E-state index in [2.05, 4.69) is 100 Å². The normalized spacial score (nSPS) is 22.4. The lowest BCUT2D eigenvalue weighted by atomic mass is 9.84. The maximum Gasteiger partial charge on any atom is 0.122 e. The molecular weight excluding hydrogens is 512 g/mol. The van der Waals surface area contributed by atoms with E-state index in [1.807, 2.05) is 24.3 Å². The minimum absolute atomic E-state index is 0.580. The fourth-order valence-electron chi connectivity index (χ4n) is 6.61. The number of para-hydroxylation sites is 2. The van der Waals surface area contributed by atoms with Crippen molar-refractivity contribution in [1.82, 2.24) is 0 Å². The highest BCUT2D eigenvalue weighted by Crippen LogP contribution is 2.34. The van der Waals surface area contributed by atoms with Crippen LogP contribution in [0, 0.1) is 0 Å². The summed E-state index contributed by atoms with van der Waals surface area (Å²) < 4.78 is 10.9.